The van der Waals surface area contributed by atoms with Crippen LogP contribution < -0.4 is 0 Å². The minimum absolute atomic E-state index is 0.681. The van der Waals surface area contributed by atoms with Crippen LogP contribution in [0.1, 0.15) is 17.5 Å². The van der Waals surface area contributed by atoms with Crippen molar-refractivity contribution in [3.8, 4) is 6.07 Å². The summed E-state index contributed by atoms with van der Waals surface area (Å²) in [6.07, 6.45) is 0.977. The predicted molar refractivity (Wildman–Crippen MR) is 62.0 cm³/mol. The first kappa shape index (κ1) is 11.4. The number of halogens is 1. The van der Waals surface area contributed by atoms with Gasteiger partial charge in [0.2, 0.25) is 0 Å². The minimum Gasteiger partial charge on any atom is -0.192 e. The zero-order valence-electron chi connectivity index (χ0n) is 8.09. The Balaban J connectivity index is 2.72. The third-order valence-corrected chi connectivity index (χ3v) is 3.22. The average molecular weight is 226 g/mol. The third kappa shape index (κ3) is 3.25. The molecule has 0 amide bonds. The van der Waals surface area contributed by atoms with Gasteiger partial charge in [0.15, 0.2) is 0 Å². The number of hydrogen-bond acceptors (Lipinski definition) is 2. The number of nitriles is 1. The second kappa shape index (κ2) is 5.95. The number of nitrogens with zero attached hydrogens (tertiary/aromatic N) is 1. The lowest BCUT2D eigenvalue weighted by molar-refractivity contribution is 1.11. The fraction of sp³-hybridized carbons (Fsp3) is 0.364. The lowest BCUT2D eigenvalue weighted by Crippen LogP contribution is -1.86. The van der Waals surface area contributed by atoms with Gasteiger partial charge >= 0.3 is 0 Å². The molecule has 0 aromatic heterocycles. The number of alkyl halides is 1. The van der Waals surface area contributed by atoms with Crippen molar-refractivity contribution >= 4 is 23.4 Å². The Hall–Kier alpha value is -0.650. The van der Waals surface area contributed by atoms with Gasteiger partial charge in [0.25, 0.3) is 0 Å². The summed E-state index contributed by atoms with van der Waals surface area (Å²) in [5.74, 6) is 1.65. The molecule has 0 saturated heterocycles. The Morgan fingerprint density at radius 1 is 1.50 bits per heavy atom. The van der Waals surface area contributed by atoms with E-state index in [0.29, 0.717) is 5.88 Å². The Kier molecular flexibility index (Phi) is 4.86. The van der Waals surface area contributed by atoms with Crippen LogP contribution >= 0.6 is 23.4 Å². The molecule has 0 aliphatic heterocycles. The van der Waals surface area contributed by atoms with E-state index in [4.69, 9.17) is 16.9 Å². The molecule has 0 saturated carbocycles. The smallest absolute Gasteiger partial charge is 0.100 e. The van der Waals surface area contributed by atoms with Crippen LogP contribution in [0.15, 0.2) is 23.1 Å². The maximum absolute atomic E-state index is 8.91. The van der Waals surface area contributed by atoms with Gasteiger partial charge in [-0.3, -0.25) is 0 Å². The Morgan fingerprint density at radius 3 is 2.93 bits per heavy atom. The summed E-state index contributed by atoms with van der Waals surface area (Å²) >= 11 is 7.29. The van der Waals surface area contributed by atoms with Crippen molar-refractivity contribution in [3.05, 3.63) is 29.3 Å². The third-order valence-electron chi connectivity index (χ3n) is 1.79. The van der Waals surface area contributed by atoms with Crippen molar-refractivity contribution in [3.63, 3.8) is 0 Å². The maximum atomic E-state index is 8.91. The van der Waals surface area contributed by atoms with Crippen molar-refractivity contribution in [2.24, 2.45) is 0 Å². The van der Waals surface area contributed by atoms with Gasteiger partial charge in [0, 0.05) is 10.8 Å². The molecule has 0 spiro atoms. The zero-order valence-corrected chi connectivity index (χ0v) is 9.66. The summed E-state index contributed by atoms with van der Waals surface area (Å²) in [7, 11) is 0. The molecule has 1 aromatic rings. The topological polar surface area (TPSA) is 23.8 Å². The Labute approximate surface area is 94.1 Å². The molecule has 3 heteroatoms. The fourth-order valence-electron chi connectivity index (χ4n) is 1.09. The van der Waals surface area contributed by atoms with Gasteiger partial charge in [0.05, 0.1) is 5.56 Å². The number of rotatable bonds is 4. The van der Waals surface area contributed by atoms with E-state index < -0.39 is 0 Å². The van der Waals surface area contributed by atoms with Crippen molar-refractivity contribution in [1.29, 1.82) is 5.26 Å². The quantitative estimate of drug-likeness (QED) is 0.444. The van der Waals surface area contributed by atoms with Crippen molar-refractivity contribution in [2.45, 2.75) is 18.2 Å². The van der Waals surface area contributed by atoms with E-state index >= 15 is 0 Å². The van der Waals surface area contributed by atoms with Crippen molar-refractivity contribution in [1.82, 2.24) is 0 Å². The molecule has 14 heavy (non-hydrogen) atoms. The van der Waals surface area contributed by atoms with Crippen LogP contribution in [0.3, 0.4) is 0 Å². The first-order valence-electron chi connectivity index (χ1n) is 4.47. The van der Waals surface area contributed by atoms with Crippen LogP contribution in [0.4, 0.5) is 0 Å². The van der Waals surface area contributed by atoms with E-state index in [-0.39, 0.29) is 0 Å². The summed E-state index contributed by atoms with van der Waals surface area (Å²) in [6, 6.07) is 8.17. The van der Waals surface area contributed by atoms with Gasteiger partial charge in [-0.1, -0.05) is 6.07 Å². The first-order valence-corrected chi connectivity index (χ1v) is 5.99. The van der Waals surface area contributed by atoms with Gasteiger partial charge in [-0.2, -0.15) is 5.26 Å². The van der Waals surface area contributed by atoms with Gasteiger partial charge in [-0.25, -0.2) is 0 Å². The van der Waals surface area contributed by atoms with Crippen LogP contribution in [0.25, 0.3) is 0 Å². The normalized spacial score (nSPS) is 9.79. The van der Waals surface area contributed by atoms with Gasteiger partial charge in [-0.05, 0) is 36.8 Å². The number of hydrogen-bond donors (Lipinski definition) is 0. The average Bonchev–Trinajstić information content (AvgIpc) is 2.20. The molecule has 0 aliphatic carbocycles. The predicted octanol–water partition coefficient (Wildman–Crippen LogP) is 3.59. The van der Waals surface area contributed by atoms with Crippen LogP contribution in [0, 0.1) is 18.3 Å². The molecule has 1 rings (SSSR count). The lowest BCUT2D eigenvalue weighted by Gasteiger charge is -2.03. The van der Waals surface area contributed by atoms with Crippen LogP contribution in [0.5, 0.6) is 0 Å². The number of thioether (sulfide) groups is 1. The second-order valence-corrected chi connectivity index (χ2v) is 4.52. The summed E-state index contributed by atoms with van der Waals surface area (Å²) in [5, 5.41) is 8.91. The SMILES string of the molecule is Cc1ccc(SCCCCl)c(C#N)c1. The molecule has 0 radical (unpaired) electrons. The zero-order chi connectivity index (χ0) is 10.4. The number of benzene rings is 1. The highest BCUT2D eigenvalue weighted by molar-refractivity contribution is 7.99. The van der Waals surface area contributed by atoms with E-state index in [9.17, 15) is 0 Å². The second-order valence-electron chi connectivity index (χ2n) is 3.00. The van der Waals surface area contributed by atoms with E-state index in [1.165, 1.54) is 0 Å². The number of aryl methyl sites for hydroxylation is 1. The molecule has 1 nitrogen and oxygen atoms in total. The highest BCUT2D eigenvalue weighted by atomic mass is 35.5. The molecule has 0 heterocycles. The standard InChI is InChI=1S/C11H12ClNS/c1-9-3-4-11(10(7-9)8-13)14-6-2-5-12/h3-4,7H,2,5-6H2,1H3. The summed E-state index contributed by atoms with van der Waals surface area (Å²) in [4.78, 5) is 1.06. The van der Waals surface area contributed by atoms with Crippen molar-refractivity contribution in [2.75, 3.05) is 11.6 Å². The van der Waals surface area contributed by atoms with E-state index in [1.807, 2.05) is 25.1 Å². The summed E-state index contributed by atoms with van der Waals surface area (Å²) in [5.41, 5.74) is 1.90. The molecule has 74 valence electrons. The first-order chi connectivity index (χ1) is 6.77. The molecule has 0 aliphatic rings. The Morgan fingerprint density at radius 2 is 2.29 bits per heavy atom. The highest BCUT2D eigenvalue weighted by Crippen LogP contribution is 2.23. The largest absolute Gasteiger partial charge is 0.192 e. The fourth-order valence-corrected chi connectivity index (χ4v) is 2.32. The van der Waals surface area contributed by atoms with Gasteiger partial charge < -0.3 is 0 Å². The molecule has 0 fully saturated rings. The molecule has 0 unspecified atom stereocenters. The monoisotopic (exact) mass is 225 g/mol. The Bertz CT molecular complexity index is 344. The summed E-state index contributed by atoms with van der Waals surface area (Å²) in [6.45, 7) is 1.99. The molecule has 0 N–H and O–H groups in total. The van der Waals surface area contributed by atoms with Gasteiger partial charge in [0.1, 0.15) is 6.07 Å². The van der Waals surface area contributed by atoms with Gasteiger partial charge in [-0.15, -0.1) is 23.4 Å². The maximum Gasteiger partial charge on any atom is 0.100 e. The van der Waals surface area contributed by atoms with E-state index in [2.05, 4.69) is 6.07 Å². The molecule has 1 aromatic carbocycles. The van der Waals surface area contributed by atoms with Crippen LogP contribution in [0.2, 0.25) is 0 Å². The molecular formula is C11H12ClNS. The summed E-state index contributed by atoms with van der Waals surface area (Å²) < 4.78 is 0. The molecular weight excluding hydrogens is 214 g/mol. The van der Waals surface area contributed by atoms with Crippen LogP contribution in [-0.2, 0) is 0 Å². The van der Waals surface area contributed by atoms with Crippen molar-refractivity contribution < 1.29 is 0 Å². The molecule has 0 bridgehead atoms. The van der Waals surface area contributed by atoms with Crippen LogP contribution in [-0.4, -0.2) is 11.6 Å². The molecule has 0 atom stereocenters. The van der Waals surface area contributed by atoms with E-state index in [1.54, 1.807) is 11.8 Å². The highest BCUT2D eigenvalue weighted by Gasteiger charge is 2.01. The lowest BCUT2D eigenvalue weighted by atomic mass is 10.2. The van der Waals surface area contributed by atoms with E-state index in [0.717, 1.165) is 28.2 Å². The minimum atomic E-state index is 0.681.